The summed E-state index contributed by atoms with van der Waals surface area (Å²) in [5.41, 5.74) is 11.3. The van der Waals surface area contributed by atoms with E-state index in [2.05, 4.69) is 0 Å². The van der Waals surface area contributed by atoms with Crippen LogP contribution in [-0.4, -0.2) is 29.6 Å². The molecule has 6 nitrogen and oxygen atoms in total. The first-order chi connectivity index (χ1) is 5.80. The molecule has 1 aliphatic rings. The van der Waals surface area contributed by atoms with Crippen LogP contribution >= 0.6 is 0 Å². The third-order valence-corrected chi connectivity index (χ3v) is 1.87. The van der Waals surface area contributed by atoms with E-state index in [4.69, 9.17) is 29.0 Å². The molecule has 13 heavy (non-hydrogen) atoms. The second-order valence-electron chi connectivity index (χ2n) is 3.06. The first-order valence-corrected chi connectivity index (χ1v) is 5.41. The Bertz CT molecular complexity index is 211. The van der Waals surface area contributed by atoms with Crippen LogP contribution in [0.5, 0.6) is 0 Å². The van der Waals surface area contributed by atoms with E-state index in [1.54, 1.807) is 0 Å². The van der Waals surface area contributed by atoms with E-state index in [-0.39, 0.29) is 12.1 Å². The fourth-order valence-corrected chi connectivity index (χ4v) is 1.19. The third kappa shape index (κ3) is 9.71. The molecule has 0 saturated heterocycles. The second-order valence-corrected chi connectivity index (χ2v) is 3.96. The molecule has 1 rings (SSSR count). The van der Waals surface area contributed by atoms with E-state index in [1.165, 1.54) is 12.8 Å². The van der Waals surface area contributed by atoms with Gasteiger partial charge in [0.15, 0.2) is 0 Å². The van der Waals surface area contributed by atoms with Crippen molar-refractivity contribution in [3.63, 3.8) is 0 Å². The first kappa shape index (κ1) is 12.8. The molecule has 0 aromatic rings. The zero-order valence-corrected chi connectivity index (χ0v) is 8.07. The van der Waals surface area contributed by atoms with Gasteiger partial charge in [0.05, 0.1) is 0 Å². The summed E-state index contributed by atoms with van der Waals surface area (Å²) in [5, 5.41) is 0. The molecule has 1 fully saturated rings. The maximum absolute atomic E-state index is 8.74. The summed E-state index contributed by atoms with van der Waals surface area (Å²) in [6.07, 6.45) is 4.80. The highest BCUT2D eigenvalue weighted by molar-refractivity contribution is 7.79. The first-order valence-electron chi connectivity index (χ1n) is 4.01. The monoisotopic (exact) mass is 212 g/mol. The summed E-state index contributed by atoms with van der Waals surface area (Å²) in [4.78, 5) is 0. The van der Waals surface area contributed by atoms with Gasteiger partial charge in [0.2, 0.25) is 0 Å². The van der Waals surface area contributed by atoms with Crippen LogP contribution in [0.25, 0.3) is 0 Å². The zero-order chi connectivity index (χ0) is 10.5. The number of hydrogen-bond acceptors (Lipinski definition) is 4. The van der Waals surface area contributed by atoms with E-state index in [1.807, 2.05) is 0 Å². The van der Waals surface area contributed by atoms with Crippen molar-refractivity contribution >= 4 is 10.4 Å². The van der Waals surface area contributed by atoms with Crippen LogP contribution in [0.2, 0.25) is 0 Å². The average molecular weight is 212 g/mol. The molecule has 0 aliphatic heterocycles. The molecule has 0 radical (unpaired) electrons. The smallest absolute Gasteiger partial charge is 0.326 e. The molecular formula is C6H16N2O4S. The number of nitrogens with two attached hydrogens (primary N) is 2. The minimum atomic E-state index is -4.67. The summed E-state index contributed by atoms with van der Waals surface area (Å²) in [6, 6.07) is 0.562. The molecular weight excluding hydrogens is 196 g/mol. The number of hydrogen-bond donors (Lipinski definition) is 4. The molecule has 6 N–H and O–H groups in total. The lowest BCUT2D eigenvalue weighted by atomic mass is 9.92. The van der Waals surface area contributed by atoms with Gasteiger partial charge in [-0.15, -0.1) is 0 Å². The van der Waals surface area contributed by atoms with E-state index in [0.29, 0.717) is 0 Å². The van der Waals surface area contributed by atoms with Gasteiger partial charge in [-0.2, -0.15) is 8.42 Å². The summed E-state index contributed by atoms with van der Waals surface area (Å²) in [6.45, 7) is 0. The molecule has 80 valence electrons. The molecule has 2 atom stereocenters. The van der Waals surface area contributed by atoms with Crippen molar-refractivity contribution in [2.75, 3.05) is 0 Å². The zero-order valence-electron chi connectivity index (χ0n) is 7.26. The minimum Gasteiger partial charge on any atom is -0.326 e. The van der Waals surface area contributed by atoms with Crippen molar-refractivity contribution in [2.45, 2.75) is 37.8 Å². The summed E-state index contributed by atoms with van der Waals surface area (Å²) in [5.74, 6) is 0. The van der Waals surface area contributed by atoms with Gasteiger partial charge in [0.25, 0.3) is 0 Å². The minimum absolute atomic E-state index is 0.281. The largest absolute Gasteiger partial charge is 0.394 e. The lowest BCUT2D eigenvalue weighted by Gasteiger charge is -2.24. The van der Waals surface area contributed by atoms with Crippen molar-refractivity contribution in [2.24, 2.45) is 11.5 Å². The standard InChI is InChI=1S/C6H14N2.H2O4S/c7-5-3-1-2-4-6(5)8;1-5(2,3)4/h5-6H,1-4,7-8H2;(H2,1,2,3,4). The van der Waals surface area contributed by atoms with Crippen LogP contribution < -0.4 is 11.5 Å². The molecule has 0 aromatic heterocycles. The van der Waals surface area contributed by atoms with Gasteiger partial charge in [-0.05, 0) is 12.8 Å². The lowest BCUT2D eigenvalue weighted by Crippen LogP contribution is -2.43. The summed E-state index contributed by atoms with van der Waals surface area (Å²) < 4.78 is 31.6. The van der Waals surface area contributed by atoms with Crippen molar-refractivity contribution in [3.8, 4) is 0 Å². The Labute approximate surface area is 77.9 Å². The highest BCUT2D eigenvalue weighted by Crippen LogP contribution is 2.14. The van der Waals surface area contributed by atoms with Crippen LogP contribution in [0.15, 0.2) is 0 Å². The van der Waals surface area contributed by atoms with Crippen molar-refractivity contribution < 1.29 is 17.5 Å². The molecule has 0 amide bonds. The average Bonchev–Trinajstić information content (AvgIpc) is 1.92. The Balaban J connectivity index is 0.000000252. The molecule has 1 saturated carbocycles. The van der Waals surface area contributed by atoms with Crippen LogP contribution in [0.4, 0.5) is 0 Å². The lowest BCUT2D eigenvalue weighted by molar-refractivity contribution is 0.381. The van der Waals surface area contributed by atoms with Gasteiger partial charge < -0.3 is 11.5 Å². The van der Waals surface area contributed by atoms with E-state index >= 15 is 0 Å². The van der Waals surface area contributed by atoms with Gasteiger partial charge in [-0.1, -0.05) is 12.8 Å². The molecule has 0 bridgehead atoms. The maximum Gasteiger partial charge on any atom is 0.394 e. The van der Waals surface area contributed by atoms with E-state index in [0.717, 1.165) is 12.8 Å². The van der Waals surface area contributed by atoms with Crippen molar-refractivity contribution in [1.29, 1.82) is 0 Å². The highest BCUT2D eigenvalue weighted by atomic mass is 32.3. The summed E-state index contributed by atoms with van der Waals surface area (Å²) >= 11 is 0. The van der Waals surface area contributed by atoms with Crippen LogP contribution in [-0.2, 0) is 10.4 Å². The van der Waals surface area contributed by atoms with Crippen LogP contribution in [0.1, 0.15) is 25.7 Å². The van der Waals surface area contributed by atoms with Crippen molar-refractivity contribution in [3.05, 3.63) is 0 Å². The van der Waals surface area contributed by atoms with Gasteiger partial charge in [-0.25, -0.2) is 0 Å². The SMILES string of the molecule is NC1CCCCC1N.O=S(=O)(O)O. The van der Waals surface area contributed by atoms with E-state index in [9.17, 15) is 0 Å². The van der Waals surface area contributed by atoms with Crippen LogP contribution in [0.3, 0.4) is 0 Å². The van der Waals surface area contributed by atoms with Gasteiger partial charge in [-0.3, -0.25) is 9.11 Å². The second kappa shape index (κ2) is 5.51. The quantitative estimate of drug-likeness (QED) is 0.403. The third-order valence-electron chi connectivity index (χ3n) is 1.87. The van der Waals surface area contributed by atoms with Gasteiger partial charge in [0.1, 0.15) is 0 Å². The Morgan fingerprint density at radius 2 is 1.23 bits per heavy atom. The Morgan fingerprint density at radius 1 is 1.00 bits per heavy atom. The highest BCUT2D eigenvalue weighted by Gasteiger charge is 2.16. The maximum atomic E-state index is 8.74. The molecule has 0 spiro atoms. The fourth-order valence-electron chi connectivity index (χ4n) is 1.19. The fraction of sp³-hybridized carbons (Fsp3) is 1.00. The van der Waals surface area contributed by atoms with Gasteiger partial charge >= 0.3 is 10.4 Å². The van der Waals surface area contributed by atoms with Crippen LogP contribution in [0, 0.1) is 0 Å². The number of rotatable bonds is 0. The molecule has 0 aromatic carbocycles. The molecule has 0 heterocycles. The summed E-state index contributed by atoms with van der Waals surface area (Å²) in [7, 11) is -4.67. The molecule has 2 unspecified atom stereocenters. The molecule has 1 aliphatic carbocycles. The van der Waals surface area contributed by atoms with Gasteiger partial charge in [0, 0.05) is 12.1 Å². The molecule has 7 heteroatoms. The topological polar surface area (TPSA) is 127 Å². The Hall–Kier alpha value is -0.210. The van der Waals surface area contributed by atoms with E-state index < -0.39 is 10.4 Å². The predicted octanol–water partition coefficient (Wildman–Crippen LogP) is -0.438. The Morgan fingerprint density at radius 3 is 1.38 bits per heavy atom. The van der Waals surface area contributed by atoms with Crippen molar-refractivity contribution in [1.82, 2.24) is 0 Å². The normalized spacial score (nSPS) is 28.9. The Kier molecular flexibility index (Phi) is 5.42. The predicted molar refractivity (Wildman–Crippen MR) is 48.6 cm³/mol.